The number of rotatable bonds is 16. The summed E-state index contributed by atoms with van der Waals surface area (Å²) in [6.45, 7) is 0. The van der Waals surface area contributed by atoms with Crippen LogP contribution in [0.2, 0.25) is 0 Å². The summed E-state index contributed by atoms with van der Waals surface area (Å²) in [5.41, 5.74) is 6.22. The van der Waals surface area contributed by atoms with Gasteiger partial charge in [0, 0.05) is 0 Å². The second-order valence-electron chi connectivity index (χ2n) is 18.7. The lowest BCUT2D eigenvalue weighted by molar-refractivity contribution is 0.417. The van der Waals surface area contributed by atoms with E-state index in [-0.39, 0.29) is 0 Å². The summed E-state index contributed by atoms with van der Waals surface area (Å²) in [6.07, 6.45) is 0. The quantitative estimate of drug-likeness (QED) is 0.0948. The molecular weight excluding hydrogens is 993 g/mol. The monoisotopic (exact) mass is 1040 g/mol. The average Bonchev–Trinajstić information content (AvgIpc) is 3.51. The minimum absolute atomic E-state index is 0.465. The van der Waals surface area contributed by atoms with Crippen molar-refractivity contribution in [1.29, 1.82) is 0 Å². The Hall–Kier alpha value is -11.0. The molecule has 80 heavy (non-hydrogen) atoms. The highest BCUT2D eigenvalue weighted by Gasteiger charge is 2.31. The van der Waals surface area contributed by atoms with Crippen LogP contribution in [0.1, 0.15) is 0 Å². The van der Waals surface area contributed by atoms with Gasteiger partial charge in [0.05, 0.1) is 0 Å². The summed E-state index contributed by atoms with van der Waals surface area (Å²) in [5, 5.41) is 0. The minimum Gasteiger partial charge on any atom is -0.453 e. The first-order chi connectivity index (χ1) is 39.6. The first-order valence-electron chi connectivity index (χ1n) is 26.2. The predicted molar refractivity (Wildman–Crippen MR) is 314 cm³/mol. The van der Waals surface area contributed by atoms with Gasteiger partial charge in [0.2, 0.25) is 0 Å². The van der Waals surface area contributed by atoms with E-state index in [9.17, 15) is 0 Å². The number of ether oxygens (including phenoxy) is 8. The minimum atomic E-state index is 0.465. The van der Waals surface area contributed by atoms with Crippen LogP contribution in [0.25, 0.3) is 44.5 Å². The molecular formula is C72H48O8. The van der Waals surface area contributed by atoms with E-state index >= 15 is 0 Å². The molecule has 13 rings (SSSR count). The van der Waals surface area contributed by atoms with E-state index in [0.29, 0.717) is 92.0 Å². The van der Waals surface area contributed by atoms with Crippen molar-refractivity contribution in [2.45, 2.75) is 0 Å². The summed E-state index contributed by atoms with van der Waals surface area (Å²) < 4.78 is 55.2. The van der Waals surface area contributed by atoms with Crippen molar-refractivity contribution >= 4 is 0 Å². The molecule has 0 aromatic heterocycles. The van der Waals surface area contributed by atoms with Crippen molar-refractivity contribution in [2.75, 3.05) is 0 Å². The van der Waals surface area contributed by atoms with E-state index in [4.69, 9.17) is 37.9 Å². The summed E-state index contributed by atoms with van der Waals surface area (Å²) in [5.74, 6) is 8.69. The van der Waals surface area contributed by atoms with Crippen LogP contribution in [0.5, 0.6) is 92.0 Å². The first-order valence-corrected chi connectivity index (χ1v) is 26.2. The standard InChI is InChI=1S/C72H48O8/c1-9-25-49(26-10-1)73-65-41-57-58(42-66(65)74-50-27-11-2-12-28-50)60-44-68(76-52-31-15-4-16-32-52)70(78-54-35-19-6-20-36-54)46-62(60)64-48-72(80-56-39-23-8-24-40-56)71(79-55-37-21-7-22-38-55)47-63(64)61-45-69(77-53-33-17-5-18-34-53)67(43-59(57)61)75-51-29-13-3-14-30-51/h1-48H. The fraction of sp³-hybridized carbons (Fsp3) is 0. The Bertz CT molecular complexity index is 3240. The third-order valence-corrected chi connectivity index (χ3v) is 13.3. The van der Waals surface area contributed by atoms with Crippen LogP contribution in [0, 0.1) is 0 Å². The van der Waals surface area contributed by atoms with Crippen LogP contribution < -0.4 is 37.9 Å². The zero-order chi connectivity index (χ0) is 53.5. The molecule has 8 nitrogen and oxygen atoms in total. The molecule has 0 saturated heterocycles. The van der Waals surface area contributed by atoms with Crippen molar-refractivity contribution in [3.8, 4) is 136 Å². The van der Waals surface area contributed by atoms with E-state index in [0.717, 1.165) is 44.5 Å². The van der Waals surface area contributed by atoms with Gasteiger partial charge >= 0.3 is 0 Å². The fourth-order valence-electron chi connectivity index (χ4n) is 9.58. The number of para-hydroxylation sites is 8. The zero-order valence-electron chi connectivity index (χ0n) is 43.0. The molecule has 0 bridgehead atoms. The Morgan fingerprint density at radius 3 is 0.325 bits per heavy atom. The Morgan fingerprint density at radius 2 is 0.225 bits per heavy atom. The van der Waals surface area contributed by atoms with Crippen molar-refractivity contribution in [3.05, 3.63) is 291 Å². The molecule has 1 aliphatic carbocycles. The Labute approximate surface area is 463 Å². The second kappa shape index (κ2) is 22.3. The van der Waals surface area contributed by atoms with Crippen molar-refractivity contribution in [1.82, 2.24) is 0 Å². The molecule has 0 saturated carbocycles. The molecule has 1 aliphatic rings. The van der Waals surface area contributed by atoms with Gasteiger partial charge in [0.25, 0.3) is 0 Å². The number of hydrogen-bond donors (Lipinski definition) is 0. The van der Waals surface area contributed by atoms with Gasteiger partial charge in [-0.2, -0.15) is 0 Å². The lowest BCUT2D eigenvalue weighted by Gasteiger charge is -2.28. The smallest absolute Gasteiger partial charge is 0.170 e. The van der Waals surface area contributed by atoms with Gasteiger partial charge in [-0.05, 0) is 190 Å². The molecule has 0 heterocycles. The van der Waals surface area contributed by atoms with Crippen molar-refractivity contribution in [2.24, 2.45) is 0 Å². The van der Waals surface area contributed by atoms with Gasteiger partial charge in [-0.1, -0.05) is 146 Å². The van der Waals surface area contributed by atoms with Gasteiger partial charge in [-0.25, -0.2) is 0 Å². The van der Waals surface area contributed by atoms with Crippen molar-refractivity contribution in [3.63, 3.8) is 0 Å². The molecule has 0 N–H and O–H groups in total. The van der Waals surface area contributed by atoms with Gasteiger partial charge in [-0.15, -0.1) is 0 Å². The number of fused-ring (bicyclic) bond motifs is 8. The van der Waals surface area contributed by atoms with Crippen LogP contribution >= 0.6 is 0 Å². The van der Waals surface area contributed by atoms with E-state index in [2.05, 4.69) is 0 Å². The predicted octanol–water partition coefficient (Wildman–Crippen LogP) is 21.0. The third-order valence-electron chi connectivity index (χ3n) is 13.3. The molecule has 0 amide bonds. The van der Waals surface area contributed by atoms with E-state index in [1.807, 2.05) is 291 Å². The van der Waals surface area contributed by atoms with Gasteiger partial charge in [-0.3, -0.25) is 0 Å². The fourth-order valence-corrected chi connectivity index (χ4v) is 9.58. The normalized spacial score (nSPS) is 11.0. The summed E-state index contributed by atoms with van der Waals surface area (Å²) in [7, 11) is 0. The highest BCUT2D eigenvalue weighted by atomic mass is 16.5. The first kappa shape index (κ1) is 48.7. The third kappa shape index (κ3) is 10.7. The Balaban J connectivity index is 1.16. The molecule has 384 valence electrons. The zero-order valence-corrected chi connectivity index (χ0v) is 43.0. The molecule has 0 spiro atoms. The molecule has 0 radical (unpaired) electrons. The maximum absolute atomic E-state index is 6.90. The molecule has 8 heteroatoms. The van der Waals surface area contributed by atoms with Crippen LogP contribution in [-0.2, 0) is 0 Å². The molecule has 0 aliphatic heterocycles. The van der Waals surface area contributed by atoms with Crippen LogP contribution in [0.15, 0.2) is 291 Å². The largest absolute Gasteiger partial charge is 0.453 e. The highest BCUT2D eigenvalue weighted by Crippen LogP contribution is 2.58. The Morgan fingerprint density at radius 1 is 0.125 bits per heavy atom. The van der Waals surface area contributed by atoms with E-state index in [1.54, 1.807) is 0 Å². The maximum Gasteiger partial charge on any atom is 0.170 e. The molecule has 0 atom stereocenters. The van der Waals surface area contributed by atoms with Gasteiger partial charge < -0.3 is 37.9 Å². The van der Waals surface area contributed by atoms with E-state index in [1.165, 1.54) is 0 Å². The van der Waals surface area contributed by atoms with Crippen LogP contribution in [-0.4, -0.2) is 0 Å². The Kier molecular flexibility index (Phi) is 13.6. The molecule has 12 aromatic carbocycles. The molecule has 0 fully saturated rings. The highest BCUT2D eigenvalue weighted by molar-refractivity contribution is 6.06. The summed E-state index contributed by atoms with van der Waals surface area (Å²) >= 11 is 0. The lowest BCUT2D eigenvalue weighted by Crippen LogP contribution is -2.03. The van der Waals surface area contributed by atoms with Crippen LogP contribution in [0.4, 0.5) is 0 Å². The second-order valence-corrected chi connectivity index (χ2v) is 18.7. The molecule has 12 aromatic rings. The maximum atomic E-state index is 6.90. The average molecular weight is 1040 g/mol. The topological polar surface area (TPSA) is 73.8 Å². The summed E-state index contributed by atoms with van der Waals surface area (Å²) in [4.78, 5) is 0. The lowest BCUT2D eigenvalue weighted by atomic mass is 9.80. The summed E-state index contributed by atoms with van der Waals surface area (Å²) in [6, 6.07) is 93.8. The van der Waals surface area contributed by atoms with Crippen molar-refractivity contribution < 1.29 is 37.9 Å². The SMILES string of the molecule is c1ccc(Oc2cc3c(cc2Oc2ccccc2)-c2cc(Oc4ccccc4)c(Oc4ccccc4)cc2-c2cc(Oc4ccccc4)c(Oc4ccccc4)cc2-c2cc(Oc4ccccc4)c(Oc4ccccc4)cc2-3)cc1. The van der Waals surface area contributed by atoms with Crippen LogP contribution in [0.3, 0.4) is 0 Å². The van der Waals surface area contributed by atoms with Gasteiger partial charge in [0.15, 0.2) is 46.0 Å². The number of benzene rings is 12. The number of hydrogen-bond acceptors (Lipinski definition) is 8. The van der Waals surface area contributed by atoms with E-state index < -0.39 is 0 Å². The van der Waals surface area contributed by atoms with Gasteiger partial charge in [0.1, 0.15) is 46.0 Å². The molecule has 0 unspecified atom stereocenters.